The fraction of sp³-hybridized carbons (Fsp3) is 0.188. The molecule has 27 heavy (non-hydrogen) atoms. The molecule has 140 valence electrons. The van der Waals surface area contributed by atoms with Gasteiger partial charge in [0.25, 0.3) is 5.69 Å². The molecule has 0 saturated carbocycles. The van der Waals surface area contributed by atoms with Gasteiger partial charge in [0.2, 0.25) is 5.91 Å². The lowest BCUT2D eigenvalue weighted by molar-refractivity contribution is -0.384. The van der Waals surface area contributed by atoms with Gasteiger partial charge in [0.05, 0.1) is 34.0 Å². The third kappa shape index (κ3) is 4.20. The Morgan fingerprint density at radius 2 is 2.07 bits per heavy atom. The summed E-state index contributed by atoms with van der Waals surface area (Å²) in [6, 6.07) is 4.30. The summed E-state index contributed by atoms with van der Waals surface area (Å²) in [5.41, 5.74) is 1.87. The first-order valence-electron chi connectivity index (χ1n) is 7.67. The minimum Gasteiger partial charge on any atom is -0.495 e. The minimum atomic E-state index is -0.470. The SMILES string of the molecule is COc1ccc([N+](=O)[O-])cc1Nc1nc(-c2sc(NC(C)=O)nc2C)cs1. The van der Waals surface area contributed by atoms with Crippen molar-refractivity contribution >= 4 is 50.2 Å². The topological polar surface area (TPSA) is 119 Å². The fourth-order valence-corrected chi connectivity index (χ4v) is 4.06. The Balaban J connectivity index is 1.87. The molecule has 1 amide bonds. The number of nitro benzene ring substituents is 1. The highest BCUT2D eigenvalue weighted by molar-refractivity contribution is 7.20. The number of aromatic nitrogens is 2. The van der Waals surface area contributed by atoms with Crippen LogP contribution in [-0.2, 0) is 4.79 Å². The van der Waals surface area contributed by atoms with Crippen LogP contribution < -0.4 is 15.4 Å². The number of non-ortho nitro benzene ring substituents is 1. The van der Waals surface area contributed by atoms with E-state index in [9.17, 15) is 14.9 Å². The van der Waals surface area contributed by atoms with E-state index in [-0.39, 0.29) is 11.6 Å². The van der Waals surface area contributed by atoms with E-state index in [1.165, 1.54) is 54.9 Å². The maximum atomic E-state index is 11.2. The lowest BCUT2D eigenvalue weighted by atomic mass is 10.2. The highest BCUT2D eigenvalue weighted by Gasteiger charge is 2.16. The molecular formula is C16H15N5O4S2. The molecule has 0 aliphatic rings. The van der Waals surface area contributed by atoms with Crippen LogP contribution in [0.4, 0.5) is 21.6 Å². The molecule has 0 unspecified atom stereocenters. The van der Waals surface area contributed by atoms with Crippen molar-refractivity contribution < 1.29 is 14.5 Å². The van der Waals surface area contributed by atoms with Gasteiger partial charge < -0.3 is 15.4 Å². The van der Waals surface area contributed by atoms with Crippen LogP contribution in [-0.4, -0.2) is 27.9 Å². The number of methoxy groups -OCH3 is 1. The molecule has 0 bridgehead atoms. The van der Waals surface area contributed by atoms with E-state index in [0.29, 0.717) is 27.4 Å². The van der Waals surface area contributed by atoms with Crippen molar-refractivity contribution in [1.29, 1.82) is 0 Å². The number of carbonyl (C=O) groups excluding carboxylic acids is 1. The highest BCUT2D eigenvalue weighted by Crippen LogP contribution is 2.37. The Kier molecular flexibility index (Phi) is 5.33. The summed E-state index contributed by atoms with van der Waals surface area (Å²) in [6.45, 7) is 3.26. The van der Waals surface area contributed by atoms with E-state index in [4.69, 9.17) is 4.74 Å². The Hall–Kier alpha value is -3.05. The average molecular weight is 405 g/mol. The van der Waals surface area contributed by atoms with E-state index in [1.54, 1.807) is 0 Å². The predicted molar refractivity (Wildman–Crippen MR) is 105 cm³/mol. The summed E-state index contributed by atoms with van der Waals surface area (Å²) in [5, 5.41) is 19.6. The van der Waals surface area contributed by atoms with Crippen LogP contribution in [0, 0.1) is 17.0 Å². The van der Waals surface area contributed by atoms with Crippen molar-refractivity contribution in [3.8, 4) is 16.3 Å². The van der Waals surface area contributed by atoms with Crippen LogP contribution in [0.25, 0.3) is 10.6 Å². The normalized spacial score (nSPS) is 10.5. The Morgan fingerprint density at radius 3 is 2.74 bits per heavy atom. The quantitative estimate of drug-likeness (QED) is 0.466. The van der Waals surface area contributed by atoms with Crippen LogP contribution in [0.1, 0.15) is 12.6 Å². The molecule has 2 aromatic heterocycles. The first kappa shape index (κ1) is 18.7. The number of aryl methyl sites for hydroxylation is 1. The molecule has 9 nitrogen and oxygen atoms in total. The Morgan fingerprint density at radius 1 is 1.30 bits per heavy atom. The summed E-state index contributed by atoms with van der Waals surface area (Å²) in [6.07, 6.45) is 0. The highest BCUT2D eigenvalue weighted by atomic mass is 32.1. The number of hydrogen-bond acceptors (Lipinski definition) is 9. The largest absolute Gasteiger partial charge is 0.495 e. The number of carbonyl (C=O) groups is 1. The predicted octanol–water partition coefficient (Wildman–Crippen LogP) is 4.19. The summed E-state index contributed by atoms with van der Waals surface area (Å²) in [5.74, 6) is 0.285. The number of rotatable bonds is 6. The van der Waals surface area contributed by atoms with Gasteiger partial charge in [-0.2, -0.15) is 0 Å². The number of thiazole rings is 2. The molecule has 2 heterocycles. The maximum absolute atomic E-state index is 11.2. The average Bonchev–Trinajstić information content (AvgIpc) is 3.20. The number of ether oxygens (including phenoxy) is 1. The van der Waals surface area contributed by atoms with Crippen molar-refractivity contribution in [3.63, 3.8) is 0 Å². The number of anilines is 3. The van der Waals surface area contributed by atoms with Gasteiger partial charge in [0.1, 0.15) is 5.75 Å². The summed E-state index contributed by atoms with van der Waals surface area (Å²) in [7, 11) is 1.49. The molecule has 0 spiro atoms. The van der Waals surface area contributed by atoms with Gasteiger partial charge in [0, 0.05) is 24.4 Å². The number of benzene rings is 1. The van der Waals surface area contributed by atoms with Crippen molar-refractivity contribution in [2.24, 2.45) is 0 Å². The first-order chi connectivity index (χ1) is 12.9. The Labute approximate surface area is 162 Å². The number of nitrogens with zero attached hydrogens (tertiary/aromatic N) is 3. The number of amides is 1. The van der Waals surface area contributed by atoms with E-state index < -0.39 is 4.92 Å². The molecule has 3 rings (SSSR count). The molecular weight excluding hydrogens is 390 g/mol. The summed E-state index contributed by atoms with van der Waals surface area (Å²) in [4.78, 5) is 31.4. The fourth-order valence-electron chi connectivity index (χ4n) is 2.30. The van der Waals surface area contributed by atoms with Crippen molar-refractivity contribution in [3.05, 3.63) is 39.4 Å². The zero-order valence-corrected chi connectivity index (χ0v) is 16.2. The van der Waals surface area contributed by atoms with Crippen molar-refractivity contribution in [2.45, 2.75) is 13.8 Å². The molecule has 3 aromatic rings. The molecule has 0 atom stereocenters. The second-order valence-electron chi connectivity index (χ2n) is 5.42. The van der Waals surface area contributed by atoms with Crippen molar-refractivity contribution in [2.75, 3.05) is 17.7 Å². The smallest absolute Gasteiger partial charge is 0.271 e. The lowest BCUT2D eigenvalue weighted by Crippen LogP contribution is -2.04. The monoisotopic (exact) mass is 405 g/mol. The maximum Gasteiger partial charge on any atom is 0.271 e. The second kappa shape index (κ2) is 7.68. The number of hydrogen-bond donors (Lipinski definition) is 2. The molecule has 0 fully saturated rings. The van der Waals surface area contributed by atoms with Gasteiger partial charge >= 0.3 is 0 Å². The molecule has 11 heteroatoms. The third-order valence-corrected chi connectivity index (χ3v) is 5.30. The van der Waals surface area contributed by atoms with Gasteiger partial charge in [-0.1, -0.05) is 11.3 Å². The molecule has 0 aliphatic carbocycles. The molecule has 1 aromatic carbocycles. The zero-order valence-electron chi connectivity index (χ0n) is 14.6. The second-order valence-corrected chi connectivity index (χ2v) is 7.28. The number of nitrogens with one attached hydrogen (secondary N) is 2. The van der Waals surface area contributed by atoms with Crippen LogP contribution in [0.3, 0.4) is 0 Å². The lowest BCUT2D eigenvalue weighted by Gasteiger charge is -2.08. The van der Waals surface area contributed by atoms with E-state index in [1.807, 2.05) is 12.3 Å². The Bertz CT molecular complexity index is 1010. The van der Waals surface area contributed by atoms with Gasteiger partial charge in [-0.15, -0.1) is 11.3 Å². The first-order valence-corrected chi connectivity index (χ1v) is 9.37. The molecule has 0 radical (unpaired) electrons. The molecule has 0 saturated heterocycles. The van der Waals surface area contributed by atoms with Gasteiger partial charge in [0.15, 0.2) is 10.3 Å². The standard InChI is InChI=1S/C16H15N5O4S2/c1-8-14(27-16(17-8)18-9(2)22)12-7-26-15(20-12)19-11-6-10(21(23)24)4-5-13(11)25-3/h4-7H,1-3H3,(H,19,20)(H,17,18,22). The number of nitro groups is 1. The summed E-state index contributed by atoms with van der Waals surface area (Å²) >= 11 is 2.68. The van der Waals surface area contributed by atoms with Crippen LogP contribution in [0.5, 0.6) is 5.75 Å². The minimum absolute atomic E-state index is 0.0478. The van der Waals surface area contributed by atoms with Crippen LogP contribution >= 0.6 is 22.7 Å². The van der Waals surface area contributed by atoms with E-state index >= 15 is 0 Å². The van der Waals surface area contributed by atoms with Crippen LogP contribution in [0.2, 0.25) is 0 Å². The van der Waals surface area contributed by atoms with Crippen LogP contribution in [0.15, 0.2) is 23.6 Å². The van der Waals surface area contributed by atoms with Gasteiger partial charge in [-0.3, -0.25) is 14.9 Å². The van der Waals surface area contributed by atoms with E-state index in [2.05, 4.69) is 20.6 Å². The van der Waals surface area contributed by atoms with Crippen molar-refractivity contribution in [1.82, 2.24) is 9.97 Å². The molecule has 0 aliphatic heterocycles. The third-order valence-electron chi connectivity index (χ3n) is 3.45. The van der Waals surface area contributed by atoms with Gasteiger partial charge in [-0.05, 0) is 13.0 Å². The molecule has 2 N–H and O–H groups in total. The van der Waals surface area contributed by atoms with E-state index in [0.717, 1.165) is 10.6 Å². The van der Waals surface area contributed by atoms with Gasteiger partial charge in [-0.25, -0.2) is 9.97 Å². The zero-order chi connectivity index (χ0) is 19.6. The summed E-state index contributed by atoms with van der Waals surface area (Å²) < 4.78 is 5.25.